The summed E-state index contributed by atoms with van der Waals surface area (Å²) in [5, 5.41) is 0. The second-order valence-electron chi connectivity index (χ2n) is 4.18. The van der Waals surface area contributed by atoms with Gasteiger partial charge in [-0.05, 0) is 25.3 Å². The summed E-state index contributed by atoms with van der Waals surface area (Å²) in [6, 6.07) is 9.45. The van der Waals surface area contributed by atoms with Crippen molar-refractivity contribution in [2.75, 3.05) is 6.61 Å². The SMILES string of the molecule is CCOC(=O)C(CCCC(=O)NN)c1ccccc1. The second-order valence-corrected chi connectivity index (χ2v) is 4.18. The van der Waals surface area contributed by atoms with E-state index < -0.39 is 0 Å². The zero-order valence-electron chi connectivity index (χ0n) is 11.1. The van der Waals surface area contributed by atoms with Gasteiger partial charge in [0.2, 0.25) is 5.91 Å². The monoisotopic (exact) mass is 264 g/mol. The number of nitrogens with two attached hydrogens (primary N) is 1. The number of esters is 1. The van der Waals surface area contributed by atoms with Crippen molar-refractivity contribution >= 4 is 11.9 Å². The van der Waals surface area contributed by atoms with Crippen molar-refractivity contribution in [3.05, 3.63) is 35.9 Å². The molecule has 1 aromatic carbocycles. The number of carbonyl (C=O) groups excluding carboxylic acids is 2. The summed E-state index contributed by atoms with van der Waals surface area (Å²) in [6.45, 7) is 2.13. The van der Waals surface area contributed by atoms with Crippen LogP contribution in [0.4, 0.5) is 0 Å². The van der Waals surface area contributed by atoms with Crippen LogP contribution in [0, 0.1) is 0 Å². The largest absolute Gasteiger partial charge is 0.466 e. The van der Waals surface area contributed by atoms with E-state index in [4.69, 9.17) is 10.6 Å². The molecule has 19 heavy (non-hydrogen) atoms. The second kappa shape index (κ2) is 8.26. The first kappa shape index (κ1) is 15.2. The fraction of sp³-hybridized carbons (Fsp3) is 0.429. The molecule has 104 valence electrons. The number of rotatable bonds is 7. The lowest BCUT2D eigenvalue weighted by molar-refractivity contribution is -0.145. The van der Waals surface area contributed by atoms with Gasteiger partial charge < -0.3 is 4.74 Å². The molecule has 0 aliphatic rings. The van der Waals surface area contributed by atoms with Crippen molar-refractivity contribution in [1.29, 1.82) is 0 Å². The van der Waals surface area contributed by atoms with E-state index in [9.17, 15) is 9.59 Å². The van der Waals surface area contributed by atoms with Crippen molar-refractivity contribution in [1.82, 2.24) is 5.43 Å². The quantitative estimate of drug-likeness (QED) is 0.338. The van der Waals surface area contributed by atoms with Gasteiger partial charge >= 0.3 is 5.97 Å². The van der Waals surface area contributed by atoms with Crippen LogP contribution < -0.4 is 11.3 Å². The smallest absolute Gasteiger partial charge is 0.313 e. The molecule has 0 aliphatic heterocycles. The Labute approximate surface area is 113 Å². The third-order valence-electron chi connectivity index (χ3n) is 2.83. The van der Waals surface area contributed by atoms with E-state index in [-0.39, 0.29) is 17.8 Å². The molecule has 0 spiro atoms. The Morgan fingerprint density at radius 1 is 1.32 bits per heavy atom. The molecule has 0 radical (unpaired) electrons. The van der Waals surface area contributed by atoms with Crippen LogP contribution in [0.5, 0.6) is 0 Å². The Kier molecular flexibility index (Phi) is 6.60. The number of amides is 1. The average Bonchev–Trinajstić information content (AvgIpc) is 2.44. The van der Waals surface area contributed by atoms with Gasteiger partial charge in [-0.25, -0.2) is 5.84 Å². The summed E-state index contributed by atoms with van der Waals surface area (Å²) in [6.07, 6.45) is 1.46. The lowest BCUT2D eigenvalue weighted by atomic mass is 9.93. The Hall–Kier alpha value is -1.88. The molecular formula is C14H20N2O3. The van der Waals surface area contributed by atoms with E-state index in [1.807, 2.05) is 30.3 Å². The zero-order valence-corrected chi connectivity index (χ0v) is 11.1. The van der Waals surface area contributed by atoms with Gasteiger partial charge in [-0.3, -0.25) is 15.0 Å². The number of hydrogen-bond donors (Lipinski definition) is 2. The highest BCUT2D eigenvalue weighted by Crippen LogP contribution is 2.23. The molecule has 1 amide bonds. The van der Waals surface area contributed by atoms with Crippen LogP contribution in [-0.2, 0) is 14.3 Å². The van der Waals surface area contributed by atoms with Gasteiger partial charge in [0.15, 0.2) is 0 Å². The van der Waals surface area contributed by atoms with E-state index in [1.165, 1.54) is 0 Å². The van der Waals surface area contributed by atoms with Crippen LogP contribution in [0.25, 0.3) is 0 Å². The van der Waals surface area contributed by atoms with E-state index in [2.05, 4.69) is 5.43 Å². The Morgan fingerprint density at radius 3 is 2.58 bits per heavy atom. The van der Waals surface area contributed by atoms with Crippen LogP contribution in [-0.4, -0.2) is 18.5 Å². The maximum atomic E-state index is 11.9. The van der Waals surface area contributed by atoms with Gasteiger partial charge in [-0.1, -0.05) is 30.3 Å². The molecule has 5 heteroatoms. The van der Waals surface area contributed by atoms with Crippen LogP contribution in [0.1, 0.15) is 37.7 Å². The summed E-state index contributed by atoms with van der Waals surface area (Å²) in [5.41, 5.74) is 2.99. The van der Waals surface area contributed by atoms with Crippen LogP contribution in [0.3, 0.4) is 0 Å². The van der Waals surface area contributed by atoms with Crippen molar-refractivity contribution in [2.24, 2.45) is 5.84 Å². The molecule has 0 fully saturated rings. The molecule has 0 heterocycles. The van der Waals surface area contributed by atoms with E-state index >= 15 is 0 Å². The predicted octanol–water partition coefficient (Wildman–Crippen LogP) is 1.49. The molecule has 1 atom stereocenters. The van der Waals surface area contributed by atoms with Gasteiger partial charge in [0, 0.05) is 6.42 Å². The van der Waals surface area contributed by atoms with Crippen molar-refractivity contribution in [2.45, 2.75) is 32.1 Å². The Morgan fingerprint density at radius 2 is 2.00 bits per heavy atom. The molecule has 1 rings (SSSR count). The van der Waals surface area contributed by atoms with Crippen molar-refractivity contribution < 1.29 is 14.3 Å². The molecule has 1 unspecified atom stereocenters. The highest BCUT2D eigenvalue weighted by Gasteiger charge is 2.21. The zero-order chi connectivity index (χ0) is 14.1. The first-order chi connectivity index (χ1) is 9.19. The Bertz CT molecular complexity index is 406. The molecule has 0 aliphatic carbocycles. The average molecular weight is 264 g/mol. The minimum Gasteiger partial charge on any atom is -0.466 e. The van der Waals surface area contributed by atoms with Gasteiger partial charge in [-0.15, -0.1) is 0 Å². The Balaban J connectivity index is 2.65. The summed E-state index contributed by atoms with van der Waals surface area (Å²) in [7, 11) is 0. The first-order valence-electron chi connectivity index (χ1n) is 6.40. The van der Waals surface area contributed by atoms with E-state index in [0.717, 1.165) is 5.56 Å². The molecule has 0 saturated heterocycles. The molecule has 0 saturated carbocycles. The van der Waals surface area contributed by atoms with Crippen molar-refractivity contribution in [3.63, 3.8) is 0 Å². The fourth-order valence-electron chi connectivity index (χ4n) is 1.89. The van der Waals surface area contributed by atoms with Crippen LogP contribution >= 0.6 is 0 Å². The third kappa shape index (κ3) is 5.09. The number of nitrogens with one attached hydrogen (secondary N) is 1. The number of carbonyl (C=O) groups is 2. The predicted molar refractivity (Wildman–Crippen MR) is 72.0 cm³/mol. The van der Waals surface area contributed by atoms with E-state index in [0.29, 0.717) is 25.9 Å². The molecule has 1 aromatic rings. The minimum absolute atomic E-state index is 0.226. The molecular weight excluding hydrogens is 244 g/mol. The normalized spacial score (nSPS) is 11.7. The number of hydrogen-bond acceptors (Lipinski definition) is 4. The summed E-state index contributed by atoms with van der Waals surface area (Å²) < 4.78 is 5.08. The highest BCUT2D eigenvalue weighted by atomic mass is 16.5. The van der Waals surface area contributed by atoms with Crippen LogP contribution in [0.15, 0.2) is 30.3 Å². The maximum absolute atomic E-state index is 11.9. The van der Waals surface area contributed by atoms with Gasteiger partial charge in [0.1, 0.15) is 0 Å². The van der Waals surface area contributed by atoms with Gasteiger partial charge in [0.25, 0.3) is 0 Å². The lowest BCUT2D eigenvalue weighted by Gasteiger charge is -2.15. The minimum atomic E-state index is -0.327. The summed E-state index contributed by atoms with van der Waals surface area (Å²) >= 11 is 0. The molecule has 5 nitrogen and oxygen atoms in total. The van der Waals surface area contributed by atoms with Gasteiger partial charge in [-0.2, -0.15) is 0 Å². The van der Waals surface area contributed by atoms with E-state index in [1.54, 1.807) is 6.92 Å². The third-order valence-corrected chi connectivity index (χ3v) is 2.83. The standard InChI is InChI=1S/C14H20N2O3/c1-2-19-14(18)12(9-6-10-13(17)16-15)11-7-4-3-5-8-11/h3-5,7-8,12H,2,6,9-10,15H2,1H3,(H,16,17). The molecule has 3 N–H and O–H groups in total. The number of benzene rings is 1. The molecule has 0 bridgehead atoms. The number of hydrazine groups is 1. The summed E-state index contributed by atoms with van der Waals surface area (Å²) in [5.74, 6) is 4.21. The van der Waals surface area contributed by atoms with Crippen LogP contribution in [0.2, 0.25) is 0 Å². The highest BCUT2D eigenvalue weighted by molar-refractivity contribution is 5.78. The van der Waals surface area contributed by atoms with Crippen molar-refractivity contribution in [3.8, 4) is 0 Å². The lowest BCUT2D eigenvalue weighted by Crippen LogP contribution is -2.29. The topological polar surface area (TPSA) is 81.4 Å². The maximum Gasteiger partial charge on any atom is 0.313 e. The first-order valence-corrected chi connectivity index (χ1v) is 6.40. The fourth-order valence-corrected chi connectivity index (χ4v) is 1.89. The summed E-state index contributed by atoms with van der Waals surface area (Å²) in [4.78, 5) is 23.0. The molecule has 0 aromatic heterocycles. The van der Waals surface area contributed by atoms with Gasteiger partial charge in [0.05, 0.1) is 12.5 Å². The number of ether oxygens (including phenoxy) is 1.